The monoisotopic (exact) mass is 407 g/mol. The molecule has 2 N–H and O–H groups in total. The summed E-state index contributed by atoms with van der Waals surface area (Å²) < 4.78 is 5.71. The maximum atomic E-state index is 12.6. The van der Waals surface area contributed by atoms with E-state index in [4.69, 9.17) is 16.0 Å². The highest BCUT2D eigenvalue weighted by atomic mass is 35.5. The third-order valence-corrected chi connectivity index (χ3v) is 5.03. The normalized spacial score (nSPS) is 18.7. The van der Waals surface area contributed by atoms with Gasteiger partial charge in [-0.2, -0.15) is 5.10 Å². The third-order valence-electron chi connectivity index (χ3n) is 4.79. The van der Waals surface area contributed by atoms with E-state index in [9.17, 15) is 9.59 Å². The van der Waals surface area contributed by atoms with E-state index in [0.29, 0.717) is 23.1 Å². The van der Waals surface area contributed by atoms with Gasteiger partial charge < -0.3 is 9.73 Å². The lowest BCUT2D eigenvalue weighted by molar-refractivity contribution is -0.133. The third kappa shape index (κ3) is 4.22. The number of amides is 2. The average molecular weight is 408 g/mol. The number of carbonyl (C=O) groups is 2. The molecular formula is C22H18ClN3O3. The fourth-order valence-corrected chi connectivity index (χ4v) is 3.57. The molecule has 0 radical (unpaired) electrons. The van der Waals surface area contributed by atoms with Gasteiger partial charge in [0.15, 0.2) is 0 Å². The standard InChI is InChI=1S/C22H18ClN3O3/c23-16-8-4-7-15(11-16)19-10-9-17(29-19)12-25-26-22(28)20-18(13-24-21(20)27)14-5-2-1-3-6-14/h1-12,18,20H,13H2,(H,24,27)(H,26,28)/b25-12+/t18-,20-/m1/s1. The molecule has 7 heteroatoms. The molecule has 0 bridgehead atoms. The zero-order chi connectivity index (χ0) is 20.2. The summed E-state index contributed by atoms with van der Waals surface area (Å²) >= 11 is 6.00. The van der Waals surface area contributed by atoms with Gasteiger partial charge in [-0.3, -0.25) is 9.59 Å². The highest BCUT2D eigenvalue weighted by Crippen LogP contribution is 2.29. The minimum atomic E-state index is -0.826. The van der Waals surface area contributed by atoms with Crippen LogP contribution in [0.5, 0.6) is 0 Å². The summed E-state index contributed by atoms with van der Waals surface area (Å²) in [5, 5.41) is 7.32. The number of hydrogen-bond donors (Lipinski definition) is 2. The van der Waals surface area contributed by atoms with E-state index in [-0.39, 0.29) is 11.8 Å². The Morgan fingerprint density at radius 3 is 2.76 bits per heavy atom. The second kappa shape index (κ2) is 8.32. The van der Waals surface area contributed by atoms with Crippen LogP contribution in [-0.2, 0) is 9.59 Å². The van der Waals surface area contributed by atoms with Gasteiger partial charge in [-0.1, -0.05) is 54.1 Å². The molecule has 0 aliphatic carbocycles. The Labute approximate surface area is 172 Å². The Morgan fingerprint density at radius 1 is 1.14 bits per heavy atom. The van der Waals surface area contributed by atoms with Crippen molar-refractivity contribution in [3.63, 3.8) is 0 Å². The van der Waals surface area contributed by atoms with Gasteiger partial charge in [-0.25, -0.2) is 5.43 Å². The summed E-state index contributed by atoms with van der Waals surface area (Å²) in [5.41, 5.74) is 4.23. The number of nitrogens with zero attached hydrogens (tertiary/aromatic N) is 1. The fraction of sp³-hybridized carbons (Fsp3) is 0.136. The lowest BCUT2D eigenvalue weighted by Crippen LogP contribution is -2.34. The van der Waals surface area contributed by atoms with E-state index in [1.54, 1.807) is 24.3 Å². The van der Waals surface area contributed by atoms with Crippen molar-refractivity contribution in [3.8, 4) is 11.3 Å². The summed E-state index contributed by atoms with van der Waals surface area (Å²) in [6.45, 7) is 0.422. The minimum Gasteiger partial charge on any atom is -0.455 e. The summed E-state index contributed by atoms with van der Waals surface area (Å²) in [7, 11) is 0. The number of hydrazone groups is 1. The van der Waals surface area contributed by atoms with Crippen LogP contribution in [0.4, 0.5) is 0 Å². The number of rotatable bonds is 5. The molecule has 2 atom stereocenters. The van der Waals surface area contributed by atoms with Gasteiger partial charge in [0.25, 0.3) is 5.91 Å². The Balaban J connectivity index is 1.43. The molecule has 1 aromatic heterocycles. The quantitative estimate of drug-likeness (QED) is 0.385. The van der Waals surface area contributed by atoms with Crippen LogP contribution in [-0.4, -0.2) is 24.6 Å². The first kappa shape index (κ1) is 19.0. The molecule has 1 aliphatic rings. The van der Waals surface area contributed by atoms with Crippen LogP contribution in [0, 0.1) is 5.92 Å². The van der Waals surface area contributed by atoms with E-state index >= 15 is 0 Å². The molecule has 2 aromatic carbocycles. The van der Waals surface area contributed by atoms with Gasteiger partial charge in [-0.05, 0) is 29.8 Å². The van der Waals surface area contributed by atoms with Crippen LogP contribution in [0.1, 0.15) is 17.2 Å². The Bertz CT molecular complexity index is 1060. The van der Waals surface area contributed by atoms with Crippen molar-refractivity contribution in [2.75, 3.05) is 6.54 Å². The molecule has 0 spiro atoms. The number of furan rings is 1. The maximum absolute atomic E-state index is 12.6. The van der Waals surface area contributed by atoms with E-state index in [0.717, 1.165) is 11.1 Å². The molecule has 146 valence electrons. The highest BCUT2D eigenvalue weighted by Gasteiger charge is 2.40. The molecule has 1 saturated heterocycles. The summed E-state index contributed by atoms with van der Waals surface area (Å²) in [4.78, 5) is 24.7. The van der Waals surface area contributed by atoms with Gasteiger partial charge in [0.2, 0.25) is 5.91 Å². The zero-order valence-corrected chi connectivity index (χ0v) is 16.1. The SMILES string of the molecule is O=C1NC[C@H](c2ccccc2)[C@H]1C(=O)N/N=C/c1ccc(-c2cccc(Cl)c2)o1. The van der Waals surface area contributed by atoms with Crippen LogP contribution in [0.25, 0.3) is 11.3 Å². The van der Waals surface area contributed by atoms with Crippen LogP contribution < -0.4 is 10.7 Å². The van der Waals surface area contributed by atoms with Crippen molar-refractivity contribution < 1.29 is 14.0 Å². The number of nitrogens with one attached hydrogen (secondary N) is 2. The maximum Gasteiger partial charge on any atom is 0.253 e. The van der Waals surface area contributed by atoms with Crippen molar-refractivity contribution in [1.29, 1.82) is 0 Å². The predicted molar refractivity (Wildman–Crippen MR) is 111 cm³/mol. The highest BCUT2D eigenvalue weighted by molar-refractivity contribution is 6.30. The van der Waals surface area contributed by atoms with E-state index in [1.807, 2.05) is 42.5 Å². The van der Waals surface area contributed by atoms with Gasteiger partial charge >= 0.3 is 0 Å². The first-order chi connectivity index (χ1) is 14.1. The van der Waals surface area contributed by atoms with Gasteiger partial charge in [0, 0.05) is 23.0 Å². The van der Waals surface area contributed by atoms with Crippen molar-refractivity contribution in [1.82, 2.24) is 10.7 Å². The second-order valence-electron chi connectivity index (χ2n) is 6.69. The molecule has 1 aliphatic heterocycles. The molecule has 4 rings (SSSR count). The van der Waals surface area contributed by atoms with Crippen molar-refractivity contribution >= 4 is 29.6 Å². The Kier molecular flexibility index (Phi) is 5.44. The summed E-state index contributed by atoms with van der Waals surface area (Å²) in [5.74, 6) is -0.694. The Hall–Kier alpha value is -3.38. The lowest BCUT2D eigenvalue weighted by Gasteiger charge is -2.15. The first-order valence-corrected chi connectivity index (χ1v) is 9.51. The van der Waals surface area contributed by atoms with E-state index < -0.39 is 11.8 Å². The fourth-order valence-electron chi connectivity index (χ4n) is 3.38. The van der Waals surface area contributed by atoms with Crippen molar-refractivity contribution in [2.45, 2.75) is 5.92 Å². The summed E-state index contributed by atoms with van der Waals surface area (Å²) in [6, 6.07) is 20.3. The lowest BCUT2D eigenvalue weighted by atomic mass is 9.88. The smallest absolute Gasteiger partial charge is 0.253 e. The average Bonchev–Trinajstić information content (AvgIpc) is 3.35. The molecule has 0 unspecified atom stereocenters. The van der Waals surface area contributed by atoms with Gasteiger partial charge in [0.1, 0.15) is 17.4 Å². The van der Waals surface area contributed by atoms with E-state index in [2.05, 4.69) is 15.8 Å². The predicted octanol–water partition coefficient (Wildman–Crippen LogP) is 3.58. The summed E-state index contributed by atoms with van der Waals surface area (Å²) in [6.07, 6.45) is 1.40. The van der Waals surface area contributed by atoms with Crippen LogP contribution in [0.3, 0.4) is 0 Å². The zero-order valence-electron chi connectivity index (χ0n) is 15.3. The second-order valence-corrected chi connectivity index (χ2v) is 7.12. The van der Waals surface area contributed by atoms with Crippen LogP contribution in [0.15, 0.2) is 76.2 Å². The Morgan fingerprint density at radius 2 is 1.97 bits per heavy atom. The van der Waals surface area contributed by atoms with Gasteiger partial charge in [0.05, 0.1) is 6.21 Å². The molecule has 3 aromatic rings. The largest absolute Gasteiger partial charge is 0.455 e. The molecule has 1 fully saturated rings. The molecule has 0 saturated carbocycles. The number of halogens is 1. The topological polar surface area (TPSA) is 83.7 Å². The van der Waals surface area contributed by atoms with Crippen molar-refractivity contribution in [2.24, 2.45) is 11.0 Å². The van der Waals surface area contributed by atoms with Gasteiger partial charge in [-0.15, -0.1) is 0 Å². The minimum absolute atomic E-state index is 0.225. The molecule has 2 amide bonds. The molecular weight excluding hydrogens is 390 g/mol. The number of carbonyl (C=O) groups excluding carboxylic acids is 2. The molecule has 29 heavy (non-hydrogen) atoms. The van der Waals surface area contributed by atoms with E-state index in [1.165, 1.54) is 6.21 Å². The molecule has 2 heterocycles. The van der Waals surface area contributed by atoms with Crippen LogP contribution >= 0.6 is 11.6 Å². The molecule has 6 nitrogen and oxygen atoms in total. The number of hydrogen-bond acceptors (Lipinski definition) is 4. The van der Waals surface area contributed by atoms with Crippen LogP contribution in [0.2, 0.25) is 5.02 Å². The first-order valence-electron chi connectivity index (χ1n) is 9.13. The number of benzene rings is 2. The van der Waals surface area contributed by atoms with Crippen molar-refractivity contribution in [3.05, 3.63) is 83.1 Å².